The fourth-order valence-corrected chi connectivity index (χ4v) is 2.18. The number of urea groups is 1. The van der Waals surface area contributed by atoms with Crippen LogP contribution in [0.2, 0.25) is 0 Å². The molecule has 2 rings (SSSR count). The minimum Gasteiger partial charge on any atom is -0.482 e. The maximum absolute atomic E-state index is 11.7. The molecule has 0 aliphatic rings. The first kappa shape index (κ1) is 21.7. The molecule has 1 atom stereocenters. The largest absolute Gasteiger partial charge is 0.482 e. The van der Waals surface area contributed by atoms with Crippen LogP contribution in [0.4, 0.5) is 16.2 Å². The average Bonchev–Trinajstić information content (AvgIpc) is 2.72. The van der Waals surface area contributed by atoms with Crippen molar-refractivity contribution in [2.45, 2.75) is 26.3 Å². The zero-order valence-corrected chi connectivity index (χ0v) is 16.4. The third-order valence-electron chi connectivity index (χ3n) is 3.88. The smallest absolute Gasteiger partial charge is 0.344 e. The van der Waals surface area contributed by atoms with E-state index in [1.165, 1.54) is 0 Å². The highest BCUT2D eigenvalue weighted by Gasteiger charge is 2.12. The van der Waals surface area contributed by atoms with E-state index in [2.05, 4.69) is 16.0 Å². The summed E-state index contributed by atoms with van der Waals surface area (Å²) in [4.78, 5) is 34.8. The van der Waals surface area contributed by atoms with E-state index in [0.29, 0.717) is 5.75 Å². The number of amides is 3. The number of anilines is 2. The van der Waals surface area contributed by atoms with Crippen LogP contribution in [0.25, 0.3) is 0 Å². The van der Waals surface area contributed by atoms with Gasteiger partial charge in [0.25, 0.3) is 5.91 Å². The number of hydrogen-bond donors (Lipinski definition) is 3. The van der Waals surface area contributed by atoms with Gasteiger partial charge in [0.05, 0.1) is 0 Å². The fraction of sp³-hybridized carbons (Fsp3) is 0.286. The predicted molar refractivity (Wildman–Crippen MR) is 109 cm³/mol. The number of hydrogen-bond acceptors (Lipinski definition) is 6. The van der Waals surface area contributed by atoms with Gasteiger partial charge in [-0.3, -0.25) is 10.1 Å². The van der Waals surface area contributed by atoms with E-state index in [9.17, 15) is 14.4 Å². The van der Waals surface area contributed by atoms with Gasteiger partial charge in [0.1, 0.15) is 5.75 Å². The molecule has 0 aliphatic heterocycles. The van der Waals surface area contributed by atoms with Gasteiger partial charge in [0.15, 0.2) is 13.2 Å². The van der Waals surface area contributed by atoms with Gasteiger partial charge in [-0.1, -0.05) is 25.1 Å². The zero-order valence-electron chi connectivity index (χ0n) is 16.4. The van der Waals surface area contributed by atoms with Crippen LogP contribution in [0.5, 0.6) is 5.75 Å². The molecule has 0 unspecified atom stereocenters. The molecule has 2 aromatic carbocycles. The highest BCUT2D eigenvalue weighted by Crippen LogP contribution is 2.19. The molecule has 8 heteroatoms. The van der Waals surface area contributed by atoms with E-state index in [0.717, 1.165) is 17.8 Å². The first-order chi connectivity index (χ1) is 14.0. The zero-order chi connectivity index (χ0) is 21.1. The van der Waals surface area contributed by atoms with Crippen LogP contribution < -0.4 is 20.7 Å². The lowest BCUT2D eigenvalue weighted by molar-refractivity contribution is -0.150. The number of rotatable bonds is 9. The van der Waals surface area contributed by atoms with Gasteiger partial charge in [-0.05, 0) is 49.7 Å². The number of para-hydroxylation sites is 1. The van der Waals surface area contributed by atoms with Gasteiger partial charge in [-0.15, -0.1) is 0 Å². The Morgan fingerprint density at radius 3 is 2.24 bits per heavy atom. The second-order valence-corrected chi connectivity index (χ2v) is 6.30. The van der Waals surface area contributed by atoms with E-state index >= 15 is 0 Å². The molecule has 0 saturated heterocycles. The van der Waals surface area contributed by atoms with Gasteiger partial charge >= 0.3 is 12.0 Å². The van der Waals surface area contributed by atoms with E-state index in [1.54, 1.807) is 12.1 Å². The van der Waals surface area contributed by atoms with Crippen molar-refractivity contribution in [1.29, 1.82) is 0 Å². The molecule has 0 aliphatic carbocycles. The second-order valence-electron chi connectivity index (χ2n) is 6.30. The molecule has 0 spiro atoms. The Kier molecular flexibility index (Phi) is 8.50. The van der Waals surface area contributed by atoms with Crippen LogP contribution in [0.15, 0.2) is 54.6 Å². The molecule has 3 N–H and O–H groups in total. The Morgan fingerprint density at radius 2 is 1.59 bits per heavy atom. The average molecular weight is 399 g/mol. The highest BCUT2D eigenvalue weighted by molar-refractivity contribution is 5.95. The molecule has 2 aromatic rings. The summed E-state index contributed by atoms with van der Waals surface area (Å²) < 4.78 is 10.1. The summed E-state index contributed by atoms with van der Waals surface area (Å²) in [6, 6.07) is 16.1. The molecule has 29 heavy (non-hydrogen) atoms. The van der Waals surface area contributed by atoms with Crippen molar-refractivity contribution in [1.82, 2.24) is 10.6 Å². The number of carbonyl (C=O) groups is 3. The summed E-state index contributed by atoms with van der Waals surface area (Å²) in [5, 5.41) is 7.90. The van der Waals surface area contributed by atoms with Crippen molar-refractivity contribution < 1.29 is 23.9 Å². The summed E-state index contributed by atoms with van der Waals surface area (Å²) in [6.07, 6.45) is 0.733. The van der Waals surface area contributed by atoms with Crippen LogP contribution in [0, 0.1) is 0 Å². The summed E-state index contributed by atoms with van der Waals surface area (Å²) in [5.41, 5.74) is 1.83. The number of esters is 1. The van der Waals surface area contributed by atoms with E-state index in [4.69, 9.17) is 9.47 Å². The summed E-state index contributed by atoms with van der Waals surface area (Å²) in [5.74, 6) is -0.942. The summed E-state index contributed by atoms with van der Waals surface area (Å²) >= 11 is 0. The van der Waals surface area contributed by atoms with Crippen LogP contribution in [-0.4, -0.2) is 37.2 Å². The first-order valence-corrected chi connectivity index (χ1v) is 9.27. The molecule has 0 bridgehead atoms. The second kappa shape index (κ2) is 11.3. The minimum absolute atomic E-state index is 0.0620. The van der Waals surface area contributed by atoms with Crippen LogP contribution in [0.3, 0.4) is 0 Å². The van der Waals surface area contributed by atoms with Crippen molar-refractivity contribution in [3.63, 3.8) is 0 Å². The minimum atomic E-state index is -0.714. The topological polar surface area (TPSA) is 106 Å². The number of carbonyl (C=O) groups excluding carboxylic acids is 3. The molecule has 3 amide bonds. The van der Waals surface area contributed by atoms with Crippen LogP contribution in [-0.2, 0) is 14.3 Å². The Hall–Kier alpha value is -3.55. The molecule has 0 radical (unpaired) electrons. The van der Waals surface area contributed by atoms with Crippen molar-refractivity contribution in [2.24, 2.45) is 0 Å². The molecule has 8 nitrogen and oxygen atoms in total. The van der Waals surface area contributed by atoms with Gasteiger partial charge in [-0.25, -0.2) is 9.59 Å². The van der Waals surface area contributed by atoms with Crippen LogP contribution in [0.1, 0.15) is 20.3 Å². The number of nitrogens with one attached hydrogen (secondary N) is 3. The maximum atomic E-state index is 11.7. The van der Waals surface area contributed by atoms with Gasteiger partial charge in [-0.2, -0.15) is 0 Å². The molecular formula is C21H25N3O5. The standard InChI is InChI=1S/C21H25N3O5/c1-3-15(2)22-21(27)24-19(25)13-29-20(26)14-28-18-11-9-17(10-12-18)23-16-7-5-4-6-8-16/h4-12,15,23H,3,13-14H2,1-2H3,(H2,22,24,25,27)/t15-/m1/s1. The Bertz CT molecular complexity index is 809. The van der Waals surface area contributed by atoms with Gasteiger partial charge in [0.2, 0.25) is 0 Å². The quantitative estimate of drug-likeness (QED) is 0.560. The van der Waals surface area contributed by atoms with Crippen molar-refractivity contribution >= 4 is 29.3 Å². The van der Waals surface area contributed by atoms with Crippen molar-refractivity contribution in [3.05, 3.63) is 54.6 Å². The van der Waals surface area contributed by atoms with Gasteiger partial charge < -0.3 is 20.1 Å². The fourth-order valence-electron chi connectivity index (χ4n) is 2.18. The van der Waals surface area contributed by atoms with Gasteiger partial charge in [0, 0.05) is 17.4 Å². The van der Waals surface area contributed by atoms with Crippen LogP contribution >= 0.6 is 0 Å². The molecule has 0 saturated carbocycles. The van der Waals surface area contributed by atoms with Crippen molar-refractivity contribution in [3.8, 4) is 5.75 Å². The summed E-state index contributed by atoms with van der Waals surface area (Å²) in [7, 11) is 0. The lowest BCUT2D eigenvalue weighted by Crippen LogP contribution is -2.44. The summed E-state index contributed by atoms with van der Waals surface area (Å²) in [6.45, 7) is 2.81. The predicted octanol–water partition coefficient (Wildman–Crippen LogP) is 2.98. The number of ether oxygens (including phenoxy) is 2. The lowest BCUT2D eigenvalue weighted by atomic mass is 10.2. The normalized spacial score (nSPS) is 11.1. The molecule has 154 valence electrons. The Balaban J connectivity index is 1.68. The molecular weight excluding hydrogens is 374 g/mol. The molecule has 0 heterocycles. The Labute approximate surface area is 169 Å². The third-order valence-corrected chi connectivity index (χ3v) is 3.88. The van der Waals surface area contributed by atoms with E-state index < -0.39 is 24.5 Å². The lowest BCUT2D eigenvalue weighted by Gasteiger charge is -2.12. The number of imide groups is 1. The first-order valence-electron chi connectivity index (χ1n) is 9.27. The Morgan fingerprint density at radius 1 is 0.931 bits per heavy atom. The number of benzene rings is 2. The van der Waals surface area contributed by atoms with E-state index in [-0.39, 0.29) is 12.6 Å². The van der Waals surface area contributed by atoms with E-state index in [1.807, 2.05) is 56.3 Å². The molecule has 0 fully saturated rings. The monoisotopic (exact) mass is 399 g/mol. The maximum Gasteiger partial charge on any atom is 0.344 e. The SMILES string of the molecule is CC[C@@H](C)NC(=O)NC(=O)COC(=O)COc1ccc(Nc2ccccc2)cc1. The third kappa shape index (κ3) is 8.34. The highest BCUT2D eigenvalue weighted by atomic mass is 16.6. The molecule has 0 aromatic heterocycles. The van der Waals surface area contributed by atoms with Crippen molar-refractivity contribution in [2.75, 3.05) is 18.5 Å².